The summed E-state index contributed by atoms with van der Waals surface area (Å²) in [7, 11) is 4.73. The van der Waals surface area contributed by atoms with E-state index in [4.69, 9.17) is 23.8 Å². The minimum Gasteiger partial charge on any atom is -0.497 e. The maximum absolute atomic E-state index is 12.3. The lowest BCUT2D eigenvalue weighted by atomic mass is 10.2. The molecule has 1 amide bonds. The van der Waals surface area contributed by atoms with E-state index in [0.717, 1.165) is 16.9 Å². The van der Waals surface area contributed by atoms with Crippen LogP contribution in [0.4, 0.5) is 0 Å². The van der Waals surface area contributed by atoms with E-state index >= 15 is 0 Å². The van der Waals surface area contributed by atoms with E-state index in [0.29, 0.717) is 17.4 Å². The maximum Gasteiger partial charge on any atom is 0.272 e. The molecule has 2 aromatic rings. The highest BCUT2D eigenvalue weighted by Gasteiger charge is 2.27. The lowest BCUT2D eigenvalue weighted by molar-refractivity contribution is -0.136. The number of hydrogen-bond acceptors (Lipinski definition) is 7. The van der Waals surface area contributed by atoms with Crippen LogP contribution in [0.25, 0.3) is 0 Å². The summed E-state index contributed by atoms with van der Waals surface area (Å²) >= 11 is 0. The molecule has 1 aliphatic heterocycles. The Morgan fingerprint density at radius 3 is 2.46 bits per heavy atom. The van der Waals surface area contributed by atoms with Crippen LogP contribution < -0.4 is 19.7 Å². The highest BCUT2D eigenvalue weighted by Crippen LogP contribution is 2.25. The van der Waals surface area contributed by atoms with Crippen LogP contribution >= 0.6 is 0 Å². The molecule has 8 nitrogen and oxygen atoms in total. The number of carbonyl (C=O) groups excluding carboxylic acids is 1. The molecule has 1 heterocycles. The van der Waals surface area contributed by atoms with Crippen LogP contribution in [0.15, 0.2) is 47.5 Å². The molecular weight excluding hydrogens is 364 g/mol. The quantitative estimate of drug-likeness (QED) is 0.699. The molecule has 0 aliphatic carbocycles. The normalized spacial score (nSPS) is 15.4. The summed E-state index contributed by atoms with van der Waals surface area (Å²) in [6, 6.07) is 11.9. The van der Waals surface area contributed by atoms with Gasteiger partial charge < -0.3 is 18.9 Å². The van der Waals surface area contributed by atoms with Crippen LogP contribution in [0.2, 0.25) is 0 Å². The lowest BCUT2D eigenvalue weighted by Gasteiger charge is -2.11. The number of methoxy groups -OCH3 is 3. The average molecular weight is 386 g/mol. The fraction of sp³-hybridized carbons (Fsp3) is 0.300. The zero-order valence-corrected chi connectivity index (χ0v) is 15.9. The van der Waals surface area contributed by atoms with Crippen molar-refractivity contribution in [3.63, 3.8) is 0 Å². The lowest BCUT2D eigenvalue weighted by Crippen LogP contribution is -2.34. The zero-order valence-electron chi connectivity index (χ0n) is 15.9. The SMILES string of the molecule is COc1ccc(C2=N[C@@H](C(=O)NOCc3ccc(OC)cc3OC)CO2)cc1. The second-order valence-electron chi connectivity index (χ2n) is 5.92. The van der Waals surface area contributed by atoms with Crippen molar-refractivity contribution in [1.82, 2.24) is 5.48 Å². The Balaban J connectivity index is 1.55. The summed E-state index contributed by atoms with van der Waals surface area (Å²) < 4.78 is 21.1. The average Bonchev–Trinajstić information content (AvgIpc) is 3.24. The molecule has 0 saturated carbocycles. The fourth-order valence-electron chi connectivity index (χ4n) is 2.62. The van der Waals surface area contributed by atoms with Crippen LogP contribution in [0.5, 0.6) is 17.2 Å². The fourth-order valence-corrected chi connectivity index (χ4v) is 2.62. The highest BCUT2D eigenvalue weighted by molar-refractivity contribution is 5.98. The third-order valence-corrected chi connectivity index (χ3v) is 4.19. The number of benzene rings is 2. The van der Waals surface area contributed by atoms with E-state index in [-0.39, 0.29) is 19.1 Å². The largest absolute Gasteiger partial charge is 0.497 e. The molecule has 0 aromatic heterocycles. The van der Waals surface area contributed by atoms with Crippen molar-refractivity contribution in [3.05, 3.63) is 53.6 Å². The standard InChI is InChI=1S/C20H22N2O6/c1-24-15-7-4-13(5-8-15)20-21-17(12-27-20)19(23)22-28-11-14-6-9-16(25-2)10-18(14)26-3/h4-10,17H,11-12H2,1-3H3,(H,22,23)/t17-/m1/s1. The van der Waals surface area contributed by atoms with Gasteiger partial charge in [0.05, 0.1) is 21.3 Å². The number of aliphatic imine (C=N–C) groups is 1. The molecule has 148 valence electrons. The van der Waals surface area contributed by atoms with Crippen LogP contribution in [0.3, 0.4) is 0 Å². The van der Waals surface area contributed by atoms with Gasteiger partial charge in [0.1, 0.15) is 30.5 Å². The molecule has 1 atom stereocenters. The summed E-state index contributed by atoms with van der Waals surface area (Å²) in [4.78, 5) is 21.9. The van der Waals surface area contributed by atoms with Gasteiger partial charge >= 0.3 is 0 Å². The Morgan fingerprint density at radius 1 is 1.07 bits per heavy atom. The van der Waals surface area contributed by atoms with Gasteiger partial charge in [0.2, 0.25) is 5.90 Å². The highest BCUT2D eigenvalue weighted by atomic mass is 16.7. The van der Waals surface area contributed by atoms with Crippen LogP contribution in [-0.2, 0) is 21.0 Å². The van der Waals surface area contributed by atoms with Crippen LogP contribution in [0, 0.1) is 0 Å². The monoisotopic (exact) mass is 386 g/mol. The second kappa shape index (κ2) is 9.09. The van der Waals surface area contributed by atoms with Gasteiger partial charge in [0.15, 0.2) is 6.04 Å². The predicted octanol–water partition coefficient (Wildman–Crippen LogP) is 2.11. The molecule has 2 aromatic carbocycles. The number of nitrogens with one attached hydrogen (secondary N) is 1. The Kier molecular flexibility index (Phi) is 6.33. The van der Waals surface area contributed by atoms with Gasteiger partial charge in [-0.15, -0.1) is 0 Å². The first-order valence-electron chi connectivity index (χ1n) is 8.62. The molecule has 0 bridgehead atoms. The van der Waals surface area contributed by atoms with Gasteiger partial charge in [-0.1, -0.05) is 0 Å². The van der Waals surface area contributed by atoms with Crippen molar-refractivity contribution in [1.29, 1.82) is 0 Å². The molecule has 1 aliphatic rings. The first kappa shape index (κ1) is 19.5. The summed E-state index contributed by atoms with van der Waals surface area (Å²) in [5.41, 5.74) is 3.96. The number of nitrogens with zero attached hydrogens (tertiary/aromatic N) is 1. The number of hydrogen-bond donors (Lipinski definition) is 1. The van der Waals surface area contributed by atoms with Gasteiger partial charge in [0, 0.05) is 17.2 Å². The molecule has 1 N–H and O–H groups in total. The predicted molar refractivity (Wildman–Crippen MR) is 102 cm³/mol. The summed E-state index contributed by atoms with van der Waals surface area (Å²) in [6.07, 6.45) is 0. The summed E-state index contributed by atoms with van der Waals surface area (Å²) in [5, 5.41) is 0. The molecule has 0 spiro atoms. The van der Waals surface area contributed by atoms with Crippen molar-refractivity contribution >= 4 is 11.8 Å². The third-order valence-electron chi connectivity index (χ3n) is 4.19. The number of amides is 1. The number of hydroxylamine groups is 1. The Hall–Kier alpha value is -3.26. The van der Waals surface area contributed by atoms with E-state index in [2.05, 4.69) is 10.5 Å². The molecule has 0 fully saturated rings. The zero-order chi connectivity index (χ0) is 19.9. The van der Waals surface area contributed by atoms with E-state index in [1.165, 1.54) is 0 Å². The van der Waals surface area contributed by atoms with Crippen LogP contribution in [0.1, 0.15) is 11.1 Å². The van der Waals surface area contributed by atoms with Crippen molar-refractivity contribution in [3.8, 4) is 17.2 Å². The van der Waals surface area contributed by atoms with E-state index in [1.54, 1.807) is 45.6 Å². The smallest absolute Gasteiger partial charge is 0.272 e. The molecule has 28 heavy (non-hydrogen) atoms. The first-order valence-corrected chi connectivity index (χ1v) is 8.62. The summed E-state index contributed by atoms with van der Waals surface area (Å²) in [6.45, 7) is 0.296. The second-order valence-corrected chi connectivity index (χ2v) is 5.92. The number of ether oxygens (including phenoxy) is 4. The van der Waals surface area contributed by atoms with Crippen molar-refractivity contribution in [2.24, 2.45) is 4.99 Å². The van der Waals surface area contributed by atoms with Crippen molar-refractivity contribution in [2.45, 2.75) is 12.6 Å². The topological polar surface area (TPSA) is 87.6 Å². The minimum atomic E-state index is -0.671. The molecule has 0 saturated heterocycles. The Labute approximate surface area is 163 Å². The van der Waals surface area contributed by atoms with Crippen molar-refractivity contribution in [2.75, 3.05) is 27.9 Å². The molecular formula is C20H22N2O6. The van der Waals surface area contributed by atoms with Gasteiger partial charge in [-0.05, 0) is 36.4 Å². The molecule has 0 radical (unpaired) electrons. The van der Waals surface area contributed by atoms with E-state index in [9.17, 15) is 4.79 Å². The molecule has 8 heteroatoms. The minimum absolute atomic E-state index is 0.140. The van der Waals surface area contributed by atoms with Crippen molar-refractivity contribution < 1.29 is 28.6 Å². The van der Waals surface area contributed by atoms with Crippen LogP contribution in [-0.4, -0.2) is 45.8 Å². The van der Waals surface area contributed by atoms with E-state index < -0.39 is 6.04 Å². The maximum atomic E-state index is 12.3. The van der Waals surface area contributed by atoms with Gasteiger partial charge in [-0.2, -0.15) is 0 Å². The Morgan fingerprint density at radius 2 is 1.79 bits per heavy atom. The number of carbonyl (C=O) groups is 1. The first-order chi connectivity index (χ1) is 13.6. The van der Waals surface area contributed by atoms with Gasteiger partial charge in [-0.3, -0.25) is 9.63 Å². The summed E-state index contributed by atoms with van der Waals surface area (Å²) in [5.74, 6) is 2.06. The van der Waals surface area contributed by atoms with Gasteiger partial charge in [-0.25, -0.2) is 10.5 Å². The van der Waals surface area contributed by atoms with E-state index in [1.807, 2.05) is 18.2 Å². The third kappa shape index (κ3) is 4.52. The molecule has 3 rings (SSSR count). The van der Waals surface area contributed by atoms with Gasteiger partial charge in [0.25, 0.3) is 5.91 Å². The number of rotatable bonds is 8. The molecule has 0 unspecified atom stereocenters. The Bertz CT molecular complexity index is 850.